The van der Waals surface area contributed by atoms with Crippen molar-refractivity contribution < 1.29 is 45.3 Å². The van der Waals surface area contributed by atoms with Crippen molar-refractivity contribution in [3.05, 3.63) is 61.1 Å². The fraction of sp³-hybridized carbons (Fsp3) is 0.200. The first-order valence-electron chi connectivity index (χ1n) is 7.59. The predicted octanol–water partition coefficient (Wildman–Crippen LogP) is 6.16. The smallest absolute Gasteiger partial charge is 0.428 e. The van der Waals surface area contributed by atoms with E-state index in [1.807, 2.05) is 5.32 Å². The second-order valence-electron chi connectivity index (χ2n) is 5.63. The normalized spacial score (nSPS) is 12.0. The molecule has 0 saturated carbocycles. The molecule has 2 rings (SSSR count). The van der Waals surface area contributed by atoms with Gasteiger partial charge >= 0.3 is 18.7 Å². The van der Waals surface area contributed by atoms with Crippen molar-refractivity contribution in [1.29, 1.82) is 0 Å². The van der Waals surface area contributed by atoms with E-state index in [0.717, 1.165) is 6.07 Å². The molecule has 0 aliphatic heterocycles. The largest absolute Gasteiger partial charge is 0.461 e. The van der Waals surface area contributed by atoms with Gasteiger partial charge in [0.2, 0.25) is 0 Å². The highest BCUT2D eigenvalue weighted by molar-refractivity contribution is 6.33. The van der Waals surface area contributed by atoms with Gasteiger partial charge in [0.15, 0.2) is 0 Å². The summed E-state index contributed by atoms with van der Waals surface area (Å²) in [5.41, 5.74) is -6.45. The molecular weight excluding hydrogens is 471 g/mol. The summed E-state index contributed by atoms with van der Waals surface area (Å²) in [6, 6.07) is 2.21. The second-order valence-corrected chi connectivity index (χ2v) is 6.04. The van der Waals surface area contributed by atoms with Gasteiger partial charge < -0.3 is 10.1 Å². The molecule has 0 bridgehead atoms. The Balaban J connectivity index is 2.64. The molecule has 0 atom stereocenters. The third-order valence-corrected chi connectivity index (χ3v) is 3.85. The summed E-state index contributed by atoms with van der Waals surface area (Å²) in [5.74, 6) is -0.963. The molecule has 0 unspecified atom stereocenters. The highest BCUT2D eigenvalue weighted by Crippen LogP contribution is 2.45. The van der Waals surface area contributed by atoms with Gasteiger partial charge in [-0.3, -0.25) is 20.2 Å². The van der Waals surface area contributed by atoms with E-state index in [4.69, 9.17) is 11.6 Å². The first-order valence-corrected chi connectivity index (χ1v) is 7.97. The van der Waals surface area contributed by atoms with Gasteiger partial charge in [-0.05, 0) is 12.1 Å². The molecule has 0 amide bonds. The first-order chi connectivity index (χ1) is 14.1. The number of ether oxygens (including phenoxy) is 1. The van der Waals surface area contributed by atoms with Crippen molar-refractivity contribution in [2.75, 3.05) is 5.32 Å². The second kappa shape index (κ2) is 8.41. The summed E-state index contributed by atoms with van der Waals surface area (Å²) in [5, 5.41) is 23.5. The Morgan fingerprint density at radius 2 is 1.61 bits per heavy atom. The number of nitrogens with zero attached hydrogens (tertiary/aromatic N) is 2. The molecule has 0 saturated heterocycles. The van der Waals surface area contributed by atoms with Gasteiger partial charge in [-0.1, -0.05) is 11.6 Å². The summed E-state index contributed by atoms with van der Waals surface area (Å²) in [7, 11) is 0. The lowest BCUT2D eigenvalue weighted by Gasteiger charge is -2.19. The van der Waals surface area contributed by atoms with Crippen LogP contribution >= 0.6 is 11.6 Å². The van der Waals surface area contributed by atoms with Crippen LogP contribution in [0.15, 0.2) is 30.3 Å². The molecule has 0 heterocycles. The van der Waals surface area contributed by atoms with Crippen molar-refractivity contribution >= 4 is 34.4 Å². The van der Waals surface area contributed by atoms with Crippen LogP contribution in [0.5, 0.6) is 5.75 Å². The van der Waals surface area contributed by atoms with Crippen molar-refractivity contribution in [2.45, 2.75) is 18.7 Å². The minimum Gasteiger partial charge on any atom is -0.428 e. The van der Waals surface area contributed by atoms with E-state index in [-0.39, 0.29) is 12.1 Å². The number of nitrogens with one attached hydrogen (secondary N) is 1. The maximum atomic E-state index is 13.4. The van der Waals surface area contributed by atoms with Crippen LogP contribution in [-0.4, -0.2) is 22.4 Å². The summed E-state index contributed by atoms with van der Waals surface area (Å²) in [6.07, 6.45) is -14.5. The maximum Gasteiger partial charge on any atom is 0.461 e. The SMILES string of the molecule is O=[N+]([O-])c1cc([N+](=O)[O-])c(Nc2cc(OC(F)(F)C(F)F)ccc2Cl)c(C(F)(F)F)c1. The maximum absolute atomic E-state index is 13.4. The molecular formula is C15H7ClF7N3O5. The Kier molecular flexibility index (Phi) is 6.49. The van der Waals surface area contributed by atoms with Crippen LogP contribution in [0.3, 0.4) is 0 Å². The fourth-order valence-electron chi connectivity index (χ4n) is 2.22. The Bertz CT molecular complexity index is 1030. The molecule has 31 heavy (non-hydrogen) atoms. The minimum absolute atomic E-state index is 0.00847. The minimum atomic E-state index is -5.33. The standard InChI is InChI=1S/C15H7ClF7N3O5/c16-9-2-1-7(31-15(22,23)13(17)18)5-10(9)24-12-8(14(19,20)21)3-6(25(27)28)4-11(12)26(29)30/h1-5,13,24H. The van der Waals surface area contributed by atoms with E-state index in [1.54, 1.807) is 0 Å². The van der Waals surface area contributed by atoms with Crippen molar-refractivity contribution in [3.63, 3.8) is 0 Å². The Morgan fingerprint density at radius 3 is 2.10 bits per heavy atom. The molecule has 16 heteroatoms. The van der Waals surface area contributed by atoms with Crippen LogP contribution in [0.1, 0.15) is 5.56 Å². The van der Waals surface area contributed by atoms with Crippen LogP contribution < -0.4 is 10.1 Å². The molecule has 2 aromatic rings. The number of nitro groups is 2. The van der Waals surface area contributed by atoms with E-state index in [2.05, 4.69) is 4.74 Å². The molecule has 0 spiro atoms. The molecule has 0 aliphatic rings. The quantitative estimate of drug-likeness (QED) is 0.291. The number of rotatable bonds is 7. The molecule has 2 aromatic carbocycles. The molecule has 168 valence electrons. The first kappa shape index (κ1) is 23.9. The van der Waals surface area contributed by atoms with E-state index in [9.17, 15) is 51.0 Å². The van der Waals surface area contributed by atoms with E-state index < -0.39 is 67.6 Å². The van der Waals surface area contributed by atoms with Gasteiger partial charge in [0.05, 0.1) is 32.2 Å². The summed E-state index contributed by atoms with van der Waals surface area (Å²) >= 11 is 5.75. The third kappa shape index (κ3) is 5.42. The number of hydrogen-bond acceptors (Lipinski definition) is 6. The number of non-ortho nitro benzene ring substituents is 1. The van der Waals surface area contributed by atoms with Gasteiger partial charge in [-0.15, -0.1) is 0 Å². The Labute approximate surface area is 171 Å². The zero-order valence-electron chi connectivity index (χ0n) is 14.4. The number of hydrogen-bond donors (Lipinski definition) is 1. The van der Waals surface area contributed by atoms with Crippen molar-refractivity contribution in [3.8, 4) is 5.75 Å². The monoisotopic (exact) mass is 477 g/mol. The van der Waals surface area contributed by atoms with E-state index in [0.29, 0.717) is 12.1 Å². The summed E-state index contributed by atoms with van der Waals surface area (Å²) in [4.78, 5) is 19.4. The molecule has 0 radical (unpaired) electrons. The molecule has 0 aliphatic carbocycles. The van der Waals surface area contributed by atoms with E-state index >= 15 is 0 Å². The number of benzene rings is 2. The number of halogens is 8. The van der Waals surface area contributed by atoms with Gasteiger partial charge in [0.25, 0.3) is 11.4 Å². The van der Waals surface area contributed by atoms with Crippen LogP contribution in [0.4, 0.5) is 53.5 Å². The molecule has 1 N–H and O–H groups in total. The lowest BCUT2D eigenvalue weighted by atomic mass is 10.1. The number of alkyl halides is 7. The van der Waals surface area contributed by atoms with Crippen molar-refractivity contribution in [1.82, 2.24) is 0 Å². The Hall–Kier alpha value is -3.36. The lowest BCUT2D eigenvalue weighted by Crippen LogP contribution is -2.33. The fourth-order valence-corrected chi connectivity index (χ4v) is 2.38. The average molecular weight is 478 g/mol. The van der Waals surface area contributed by atoms with Crippen LogP contribution in [0.2, 0.25) is 5.02 Å². The molecule has 0 aromatic heterocycles. The molecule has 8 nitrogen and oxygen atoms in total. The van der Waals surface area contributed by atoms with Gasteiger partial charge in [-0.2, -0.15) is 30.7 Å². The number of nitro benzene ring substituents is 2. The lowest BCUT2D eigenvalue weighted by molar-refractivity contribution is -0.394. The Morgan fingerprint density at radius 1 is 1.00 bits per heavy atom. The number of anilines is 2. The molecule has 0 fully saturated rings. The summed E-state index contributed by atoms with van der Waals surface area (Å²) in [6.45, 7) is 0. The van der Waals surface area contributed by atoms with Crippen LogP contribution in [-0.2, 0) is 6.18 Å². The topological polar surface area (TPSA) is 108 Å². The predicted molar refractivity (Wildman–Crippen MR) is 91.1 cm³/mol. The third-order valence-electron chi connectivity index (χ3n) is 3.52. The van der Waals surface area contributed by atoms with Gasteiger partial charge in [-0.25, -0.2) is 0 Å². The highest BCUT2D eigenvalue weighted by atomic mass is 35.5. The zero-order valence-corrected chi connectivity index (χ0v) is 15.2. The highest BCUT2D eigenvalue weighted by Gasteiger charge is 2.44. The van der Waals surface area contributed by atoms with Crippen LogP contribution in [0.25, 0.3) is 0 Å². The van der Waals surface area contributed by atoms with Gasteiger partial charge in [0, 0.05) is 12.1 Å². The van der Waals surface area contributed by atoms with Crippen LogP contribution in [0, 0.1) is 20.2 Å². The summed E-state index contributed by atoms with van der Waals surface area (Å²) < 4.78 is 94.7. The average Bonchev–Trinajstić information content (AvgIpc) is 2.62. The van der Waals surface area contributed by atoms with E-state index in [1.165, 1.54) is 0 Å². The zero-order chi connectivity index (χ0) is 23.7. The van der Waals surface area contributed by atoms with Gasteiger partial charge in [0.1, 0.15) is 11.4 Å². The van der Waals surface area contributed by atoms with Crippen molar-refractivity contribution in [2.24, 2.45) is 0 Å².